The van der Waals surface area contributed by atoms with Gasteiger partial charge in [0, 0.05) is 12.6 Å². The molecule has 5 heteroatoms. The molecule has 0 rings (SSSR count). The zero-order valence-corrected chi connectivity index (χ0v) is 10.9. The second-order valence-corrected chi connectivity index (χ2v) is 4.27. The first kappa shape index (κ1) is 15.9. The van der Waals surface area contributed by atoms with Crippen molar-refractivity contribution in [2.75, 3.05) is 19.8 Å². The summed E-state index contributed by atoms with van der Waals surface area (Å²) >= 11 is 0. The van der Waals surface area contributed by atoms with E-state index in [1.807, 2.05) is 13.8 Å². The van der Waals surface area contributed by atoms with Gasteiger partial charge in [-0.2, -0.15) is 0 Å². The normalized spacial score (nSPS) is 10.6. The molecule has 17 heavy (non-hydrogen) atoms. The van der Waals surface area contributed by atoms with Gasteiger partial charge in [0.25, 0.3) is 0 Å². The molecular formula is C12H23NO4. The Morgan fingerprint density at radius 3 is 2.35 bits per heavy atom. The largest absolute Gasteiger partial charge is 0.480 e. The molecular weight excluding hydrogens is 222 g/mol. The summed E-state index contributed by atoms with van der Waals surface area (Å²) in [4.78, 5) is 23.7. The van der Waals surface area contributed by atoms with Crippen molar-refractivity contribution in [3.05, 3.63) is 0 Å². The molecule has 0 aromatic carbocycles. The van der Waals surface area contributed by atoms with Crippen LogP contribution >= 0.6 is 0 Å². The first-order chi connectivity index (χ1) is 7.99. The van der Waals surface area contributed by atoms with Gasteiger partial charge in [-0.15, -0.1) is 0 Å². The van der Waals surface area contributed by atoms with Crippen molar-refractivity contribution in [2.45, 2.75) is 46.1 Å². The van der Waals surface area contributed by atoms with E-state index in [9.17, 15) is 9.59 Å². The highest BCUT2D eigenvalue weighted by molar-refractivity contribution is 5.78. The van der Waals surface area contributed by atoms with Crippen LogP contribution in [0.25, 0.3) is 0 Å². The summed E-state index contributed by atoms with van der Waals surface area (Å²) in [5.41, 5.74) is 0. The summed E-state index contributed by atoms with van der Waals surface area (Å²) in [6, 6.07) is 0.118. The van der Waals surface area contributed by atoms with Crippen LogP contribution in [0.1, 0.15) is 40.0 Å². The molecule has 0 atom stereocenters. The molecule has 1 N–H and O–H groups in total. The molecule has 0 bridgehead atoms. The standard InChI is InChI=1S/C12H23NO4/c1-4-5-6-7-13(10(2)3)11(14)8-17-9-12(15)16/h10H,4-9H2,1-3H3,(H,15,16). The Morgan fingerprint density at radius 1 is 1.24 bits per heavy atom. The lowest BCUT2D eigenvalue weighted by molar-refractivity contribution is -0.146. The zero-order chi connectivity index (χ0) is 13.3. The SMILES string of the molecule is CCCCCN(C(=O)COCC(=O)O)C(C)C. The smallest absolute Gasteiger partial charge is 0.329 e. The third kappa shape index (κ3) is 7.74. The van der Waals surface area contributed by atoms with Gasteiger partial charge < -0.3 is 14.7 Å². The summed E-state index contributed by atoms with van der Waals surface area (Å²) < 4.78 is 4.80. The molecule has 0 aliphatic rings. The minimum atomic E-state index is -1.06. The van der Waals surface area contributed by atoms with Gasteiger partial charge in [-0.3, -0.25) is 4.79 Å². The Labute approximate surface area is 103 Å². The van der Waals surface area contributed by atoms with Crippen LogP contribution in [0.15, 0.2) is 0 Å². The second-order valence-electron chi connectivity index (χ2n) is 4.27. The molecule has 0 radical (unpaired) electrons. The predicted octanol–water partition coefficient (Wildman–Crippen LogP) is 1.51. The first-order valence-corrected chi connectivity index (χ1v) is 6.08. The van der Waals surface area contributed by atoms with Crippen LogP contribution in [0.4, 0.5) is 0 Å². The van der Waals surface area contributed by atoms with E-state index >= 15 is 0 Å². The van der Waals surface area contributed by atoms with Gasteiger partial charge in [0.15, 0.2) is 0 Å². The van der Waals surface area contributed by atoms with Gasteiger partial charge >= 0.3 is 5.97 Å². The fourth-order valence-electron chi connectivity index (χ4n) is 1.51. The van der Waals surface area contributed by atoms with Gasteiger partial charge in [0.2, 0.25) is 5.91 Å². The van der Waals surface area contributed by atoms with Gasteiger partial charge in [-0.05, 0) is 20.3 Å². The summed E-state index contributed by atoms with van der Waals surface area (Å²) in [7, 11) is 0. The Hall–Kier alpha value is -1.10. The molecule has 1 amide bonds. The van der Waals surface area contributed by atoms with E-state index in [1.165, 1.54) is 0 Å². The number of unbranched alkanes of at least 4 members (excludes halogenated alkanes) is 2. The number of nitrogens with zero attached hydrogens (tertiary/aromatic N) is 1. The van der Waals surface area contributed by atoms with Crippen LogP contribution in [0.3, 0.4) is 0 Å². The number of rotatable bonds is 9. The number of carbonyl (C=O) groups excluding carboxylic acids is 1. The van der Waals surface area contributed by atoms with Crippen molar-refractivity contribution in [2.24, 2.45) is 0 Å². The van der Waals surface area contributed by atoms with Gasteiger partial charge in [-0.1, -0.05) is 19.8 Å². The molecule has 0 aliphatic heterocycles. The molecule has 0 fully saturated rings. The maximum absolute atomic E-state index is 11.8. The van der Waals surface area contributed by atoms with E-state index in [2.05, 4.69) is 6.92 Å². The number of aliphatic carboxylic acids is 1. The van der Waals surface area contributed by atoms with Crippen molar-refractivity contribution in [1.82, 2.24) is 4.90 Å². The van der Waals surface area contributed by atoms with E-state index in [1.54, 1.807) is 4.90 Å². The minimum Gasteiger partial charge on any atom is -0.480 e. The molecule has 0 aliphatic carbocycles. The van der Waals surface area contributed by atoms with Crippen molar-refractivity contribution in [1.29, 1.82) is 0 Å². The van der Waals surface area contributed by atoms with Crippen LogP contribution in [-0.4, -0.2) is 47.7 Å². The monoisotopic (exact) mass is 245 g/mol. The van der Waals surface area contributed by atoms with E-state index in [-0.39, 0.29) is 18.6 Å². The van der Waals surface area contributed by atoms with Gasteiger partial charge in [-0.25, -0.2) is 4.79 Å². The maximum Gasteiger partial charge on any atom is 0.329 e. The molecule has 0 saturated heterocycles. The average molecular weight is 245 g/mol. The van der Waals surface area contributed by atoms with Crippen molar-refractivity contribution in [3.8, 4) is 0 Å². The maximum atomic E-state index is 11.8. The highest BCUT2D eigenvalue weighted by Crippen LogP contribution is 2.04. The first-order valence-electron chi connectivity index (χ1n) is 6.08. The van der Waals surface area contributed by atoms with Gasteiger partial charge in [0.05, 0.1) is 0 Å². The molecule has 0 aromatic rings. The number of amides is 1. The third-order valence-corrected chi connectivity index (χ3v) is 2.40. The molecule has 0 spiro atoms. The summed E-state index contributed by atoms with van der Waals surface area (Å²) in [5.74, 6) is -1.20. The number of carbonyl (C=O) groups is 2. The summed E-state index contributed by atoms with van der Waals surface area (Å²) in [6.07, 6.45) is 3.17. The predicted molar refractivity (Wildman–Crippen MR) is 64.8 cm³/mol. The van der Waals surface area contributed by atoms with E-state index in [4.69, 9.17) is 9.84 Å². The van der Waals surface area contributed by atoms with E-state index in [0.29, 0.717) is 6.54 Å². The van der Waals surface area contributed by atoms with Crippen LogP contribution in [0.5, 0.6) is 0 Å². The Balaban J connectivity index is 4.01. The van der Waals surface area contributed by atoms with Crippen molar-refractivity contribution in [3.63, 3.8) is 0 Å². The van der Waals surface area contributed by atoms with Crippen LogP contribution < -0.4 is 0 Å². The van der Waals surface area contributed by atoms with E-state index in [0.717, 1.165) is 19.3 Å². The zero-order valence-electron chi connectivity index (χ0n) is 10.9. The lowest BCUT2D eigenvalue weighted by atomic mass is 10.2. The van der Waals surface area contributed by atoms with Crippen LogP contribution in [0.2, 0.25) is 0 Å². The summed E-state index contributed by atoms with van der Waals surface area (Å²) in [6.45, 7) is 6.13. The Morgan fingerprint density at radius 2 is 1.88 bits per heavy atom. The van der Waals surface area contributed by atoms with Crippen molar-refractivity contribution >= 4 is 11.9 Å². The summed E-state index contributed by atoms with van der Waals surface area (Å²) in [5, 5.41) is 8.40. The molecule has 100 valence electrons. The number of carboxylic acids is 1. The number of carboxylic acid groups (broad SMARTS) is 1. The molecule has 5 nitrogen and oxygen atoms in total. The Bertz CT molecular complexity index is 241. The van der Waals surface area contributed by atoms with Crippen LogP contribution in [-0.2, 0) is 14.3 Å². The highest BCUT2D eigenvalue weighted by atomic mass is 16.5. The minimum absolute atomic E-state index is 0.118. The molecule has 0 saturated carbocycles. The third-order valence-electron chi connectivity index (χ3n) is 2.40. The number of ether oxygens (including phenoxy) is 1. The fourth-order valence-corrected chi connectivity index (χ4v) is 1.51. The molecule has 0 heterocycles. The fraction of sp³-hybridized carbons (Fsp3) is 0.833. The lowest BCUT2D eigenvalue weighted by Crippen LogP contribution is -2.40. The molecule has 0 aromatic heterocycles. The highest BCUT2D eigenvalue weighted by Gasteiger charge is 2.16. The second kappa shape index (κ2) is 8.98. The lowest BCUT2D eigenvalue weighted by Gasteiger charge is -2.26. The van der Waals surface area contributed by atoms with Crippen molar-refractivity contribution < 1.29 is 19.4 Å². The Kier molecular flexibility index (Phi) is 8.40. The number of hydrogen-bond donors (Lipinski definition) is 1. The van der Waals surface area contributed by atoms with Crippen LogP contribution in [0, 0.1) is 0 Å². The number of hydrogen-bond acceptors (Lipinski definition) is 3. The average Bonchev–Trinajstić information content (AvgIpc) is 2.23. The van der Waals surface area contributed by atoms with Gasteiger partial charge in [0.1, 0.15) is 13.2 Å². The van der Waals surface area contributed by atoms with E-state index < -0.39 is 12.6 Å². The molecule has 0 unspecified atom stereocenters. The topological polar surface area (TPSA) is 66.8 Å². The quantitative estimate of drug-likeness (QED) is 0.625.